The van der Waals surface area contributed by atoms with Gasteiger partial charge in [-0.15, -0.1) is 0 Å². The van der Waals surface area contributed by atoms with E-state index in [1.165, 1.54) is 0 Å². The van der Waals surface area contributed by atoms with Crippen LogP contribution in [-0.2, 0) is 6.54 Å². The van der Waals surface area contributed by atoms with Gasteiger partial charge in [0.15, 0.2) is 0 Å². The van der Waals surface area contributed by atoms with Gasteiger partial charge in [0.05, 0.1) is 0 Å². The fourth-order valence-electron chi connectivity index (χ4n) is 2.05. The van der Waals surface area contributed by atoms with Crippen LogP contribution in [0.1, 0.15) is 5.56 Å². The number of oxazole rings is 1. The van der Waals surface area contributed by atoms with Crippen molar-refractivity contribution in [2.75, 3.05) is 0 Å². The van der Waals surface area contributed by atoms with Crippen molar-refractivity contribution in [3.63, 3.8) is 0 Å². The van der Waals surface area contributed by atoms with E-state index in [1.807, 2.05) is 54.6 Å². The zero-order valence-corrected chi connectivity index (χ0v) is 10.4. The summed E-state index contributed by atoms with van der Waals surface area (Å²) in [6.45, 7) is 0.471. The summed E-state index contributed by atoms with van der Waals surface area (Å²) in [5.41, 5.74) is 9.60. The monoisotopic (exact) mass is 250 g/mol. The van der Waals surface area contributed by atoms with Crippen LogP contribution in [0.4, 0.5) is 0 Å². The second-order valence-corrected chi connectivity index (χ2v) is 4.27. The maximum Gasteiger partial charge on any atom is 0.226 e. The van der Waals surface area contributed by atoms with Gasteiger partial charge in [-0.1, -0.05) is 48.5 Å². The van der Waals surface area contributed by atoms with Gasteiger partial charge in [0.2, 0.25) is 5.89 Å². The lowest BCUT2D eigenvalue weighted by atomic mass is 10.1. The number of nitrogens with zero attached hydrogens (tertiary/aromatic N) is 1. The van der Waals surface area contributed by atoms with Crippen LogP contribution >= 0.6 is 0 Å². The standard InChI is InChI=1S/C16H14N2O/c17-10-13-8-4-5-9-14(13)16-18-15(11-19-16)12-6-2-1-3-7-12/h1-9,11H,10,17H2. The number of rotatable bonds is 3. The van der Waals surface area contributed by atoms with Gasteiger partial charge in [-0.25, -0.2) is 4.98 Å². The third kappa shape index (κ3) is 2.28. The lowest BCUT2D eigenvalue weighted by Gasteiger charge is -2.02. The van der Waals surface area contributed by atoms with Crippen molar-refractivity contribution in [2.24, 2.45) is 5.73 Å². The first-order valence-electron chi connectivity index (χ1n) is 6.18. The molecule has 3 aromatic rings. The van der Waals surface area contributed by atoms with E-state index in [-0.39, 0.29) is 0 Å². The van der Waals surface area contributed by atoms with Crippen LogP contribution in [0.2, 0.25) is 0 Å². The predicted octanol–water partition coefficient (Wildman–Crippen LogP) is 3.47. The minimum Gasteiger partial charge on any atom is -0.444 e. The molecule has 2 aromatic carbocycles. The summed E-state index contributed by atoms with van der Waals surface area (Å²) in [5, 5.41) is 0. The van der Waals surface area contributed by atoms with Gasteiger partial charge in [-0.3, -0.25) is 0 Å². The largest absolute Gasteiger partial charge is 0.444 e. The molecular formula is C16H14N2O. The van der Waals surface area contributed by atoms with E-state index in [0.717, 1.165) is 22.4 Å². The number of aromatic nitrogens is 1. The number of nitrogens with two attached hydrogens (primary N) is 1. The average molecular weight is 250 g/mol. The van der Waals surface area contributed by atoms with Crippen molar-refractivity contribution in [3.05, 3.63) is 66.4 Å². The molecule has 0 spiro atoms. The lowest BCUT2D eigenvalue weighted by Crippen LogP contribution is -1.98. The van der Waals surface area contributed by atoms with Gasteiger partial charge in [-0.2, -0.15) is 0 Å². The Bertz CT molecular complexity index is 674. The maximum atomic E-state index is 5.74. The summed E-state index contributed by atoms with van der Waals surface area (Å²) in [6, 6.07) is 17.9. The van der Waals surface area contributed by atoms with Crippen molar-refractivity contribution < 1.29 is 4.42 Å². The highest BCUT2D eigenvalue weighted by molar-refractivity contribution is 5.64. The van der Waals surface area contributed by atoms with Crippen molar-refractivity contribution in [2.45, 2.75) is 6.54 Å². The lowest BCUT2D eigenvalue weighted by molar-refractivity contribution is 0.574. The van der Waals surface area contributed by atoms with Gasteiger partial charge in [-0.05, 0) is 11.6 Å². The molecule has 2 N–H and O–H groups in total. The molecule has 0 fully saturated rings. The summed E-state index contributed by atoms with van der Waals surface area (Å²) in [6.07, 6.45) is 1.68. The second kappa shape index (κ2) is 5.08. The molecule has 0 radical (unpaired) electrons. The van der Waals surface area contributed by atoms with E-state index in [9.17, 15) is 0 Å². The molecule has 0 saturated heterocycles. The Balaban J connectivity index is 2.02. The van der Waals surface area contributed by atoms with Crippen LogP contribution < -0.4 is 5.73 Å². The number of hydrogen-bond donors (Lipinski definition) is 1. The fourth-order valence-corrected chi connectivity index (χ4v) is 2.05. The molecule has 3 heteroatoms. The smallest absolute Gasteiger partial charge is 0.226 e. The molecule has 0 amide bonds. The SMILES string of the molecule is NCc1ccccc1-c1nc(-c2ccccc2)co1. The Morgan fingerprint density at radius 1 is 0.947 bits per heavy atom. The second-order valence-electron chi connectivity index (χ2n) is 4.27. The summed E-state index contributed by atoms with van der Waals surface area (Å²) in [5.74, 6) is 0.611. The average Bonchev–Trinajstić information content (AvgIpc) is 2.98. The van der Waals surface area contributed by atoms with E-state index in [2.05, 4.69) is 4.98 Å². The van der Waals surface area contributed by atoms with Crippen molar-refractivity contribution >= 4 is 0 Å². The molecule has 19 heavy (non-hydrogen) atoms. The normalized spacial score (nSPS) is 10.6. The Labute approximate surface area is 111 Å². The van der Waals surface area contributed by atoms with E-state index in [1.54, 1.807) is 6.26 Å². The van der Waals surface area contributed by atoms with Gasteiger partial charge in [0.1, 0.15) is 12.0 Å². The molecule has 0 aliphatic carbocycles. The molecule has 0 saturated carbocycles. The Morgan fingerprint density at radius 3 is 2.47 bits per heavy atom. The van der Waals surface area contributed by atoms with E-state index in [0.29, 0.717) is 12.4 Å². The third-order valence-electron chi connectivity index (χ3n) is 3.04. The molecule has 1 heterocycles. The summed E-state index contributed by atoms with van der Waals surface area (Å²) < 4.78 is 5.58. The van der Waals surface area contributed by atoms with Crippen LogP contribution in [0.15, 0.2) is 65.3 Å². The van der Waals surface area contributed by atoms with Gasteiger partial charge < -0.3 is 10.2 Å². The first-order valence-corrected chi connectivity index (χ1v) is 6.18. The Kier molecular flexibility index (Phi) is 3.12. The molecule has 0 atom stereocenters. The van der Waals surface area contributed by atoms with Crippen LogP contribution in [0.3, 0.4) is 0 Å². The molecule has 0 aliphatic rings. The van der Waals surface area contributed by atoms with Gasteiger partial charge in [0.25, 0.3) is 0 Å². The van der Waals surface area contributed by atoms with E-state index < -0.39 is 0 Å². The molecule has 0 bridgehead atoms. The van der Waals surface area contributed by atoms with Crippen molar-refractivity contribution in [1.82, 2.24) is 4.98 Å². The van der Waals surface area contributed by atoms with E-state index >= 15 is 0 Å². The van der Waals surface area contributed by atoms with Crippen LogP contribution in [0, 0.1) is 0 Å². The van der Waals surface area contributed by atoms with Crippen LogP contribution in [-0.4, -0.2) is 4.98 Å². The third-order valence-corrected chi connectivity index (χ3v) is 3.04. The van der Waals surface area contributed by atoms with E-state index in [4.69, 9.17) is 10.2 Å². The minimum atomic E-state index is 0.471. The van der Waals surface area contributed by atoms with Crippen LogP contribution in [0.25, 0.3) is 22.7 Å². The number of benzene rings is 2. The quantitative estimate of drug-likeness (QED) is 0.774. The molecule has 3 nitrogen and oxygen atoms in total. The summed E-state index contributed by atoms with van der Waals surface area (Å²) >= 11 is 0. The molecule has 3 rings (SSSR count). The highest BCUT2D eigenvalue weighted by atomic mass is 16.3. The minimum absolute atomic E-state index is 0.471. The topological polar surface area (TPSA) is 52.0 Å². The van der Waals surface area contributed by atoms with Crippen molar-refractivity contribution in [3.8, 4) is 22.7 Å². The molecular weight excluding hydrogens is 236 g/mol. The molecule has 0 aliphatic heterocycles. The number of hydrogen-bond acceptors (Lipinski definition) is 3. The first kappa shape index (κ1) is 11.7. The summed E-state index contributed by atoms with van der Waals surface area (Å²) in [7, 11) is 0. The predicted molar refractivity (Wildman–Crippen MR) is 75.3 cm³/mol. The summed E-state index contributed by atoms with van der Waals surface area (Å²) in [4.78, 5) is 4.54. The van der Waals surface area contributed by atoms with Crippen LogP contribution in [0.5, 0.6) is 0 Å². The maximum absolute atomic E-state index is 5.74. The fraction of sp³-hybridized carbons (Fsp3) is 0.0625. The van der Waals surface area contributed by atoms with Crippen molar-refractivity contribution in [1.29, 1.82) is 0 Å². The highest BCUT2D eigenvalue weighted by Gasteiger charge is 2.10. The first-order chi connectivity index (χ1) is 9.38. The zero-order valence-electron chi connectivity index (χ0n) is 10.4. The Hall–Kier alpha value is -2.39. The highest BCUT2D eigenvalue weighted by Crippen LogP contribution is 2.26. The Morgan fingerprint density at radius 2 is 1.68 bits per heavy atom. The van der Waals surface area contributed by atoms with Gasteiger partial charge >= 0.3 is 0 Å². The molecule has 0 unspecified atom stereocenters. The zero-order chi connectivity index (χ0) is 13.1. The van der Waals surface area contributed by atoms with Gasteiger partial charge in [0, 0.05) is 17.7 Å². The molecule has 1 aromatic heterocycles. The molecule has 94 valence electrons.